The quantitative estimate of drug-likeness (QED) is 0.896. The van der Waals surface area contributed by atoms with E-state index in [1.54, 1.807) is 0 Å². The zero-order valence-corrected chi connectivity index (χ0v) is 13.4. The van der Waals surface area contributed by atoms with Crippen molar-refractivity contribution >= 4 is 23.2 Å². The lowest BCUT2D eigenvalue weighted by molar-refractivity contribution is -0.140. The molecule has 120 valence electrons. The van der Waals surface area contributed by atoms with Crippen LogP contribution in [0.25, 0.3) is 0 Å². The minimum atomic E-state index is -0.735. The van der Waals surface area contributed by atoms with Gasteiger partial charge in [0.15, 0.2) is 0 Å². The van der Waals surface area contributed by atoms with E-state index in [-0.39, 0.29) is 5.91 Å². The predicted molar refractivity (Wildman–Crippen MR) is 87.2 cm³/mol. The third-order valence-corrected chi connectivity index (χ3v) is 4.82. The van der Waals surface area contributed by atoms with E-state index in [1.165, 1.54) is 0 Å². The summed E-state index contributed by atoms with van der Waals surface area (Å²) >= 11 is 5.92. The number of halogens is 1. The molecular weight excluding hydrogens is 302 g/mol. The van der Waals surface area contributed by atoms with E-state index in [9.17, 15) is 4.79 Å². The number of nitrogens with zero attached hydrogens (tertiary/aromatic N) is 2. The van der Waals surface area contributed by atoms with Crippen molar-refractivity contribution in [3.8, 4) is 0 Å². The first-order valence-corrected chi connectivity index (χ1v) is 8.13. The third-order valence-electron chi connectivity index (χ3n) is 4.57. The van der Waals surface area contributed by atoms with Crippen LogP contribution in [0.2, 0.25) is 5.02 Å². The number of carbonyl (C=O) groups excluding carboxylic acids is 1. The molecule has 2 heterocycles. The average Bonchev–Trinajstić information content (AvgIpc) is 2.56. The standard InChI is InChI=1S/C16H22ClN3O2/c17-13-1-3-14(4-2-13)19-7-9-20(10-8-19)15(21)16(18)5-11-22-12-6-16/h1-4H,5-12,18H2. The van der Waals surface area contributed by atoms with Crippen LogP contribution in [0.5, 0.6) is 0 Å². The summed E-state index contributed by atoms with van der Waals surface area (Å²) in [5, 5.41) is 0.738. The van der Waals surface area contributed by atoms with Gasteiger partial charge in [0.2, 0.25) is 5.91 Å². The molecule has 1 aromatic rings. The molecule has 5 nitrogen and oxygen atoms in total. The van der Waals surface area contributed by atoms with Crippen LogP contribution >= 0.6 is 11.6 Å². The highest BCUT2D eigenvalue weighted by atomic mass is 35.5. The van der Waals surface area contributed by atoms with Gasteiger partial charge in [-0.05, 0) is 37.1 Å². The summed E-state index contributed by atoms with van der Waals surface area (Å²) in [6.07, 6.45) is 1.23. The van der Waals surface area contributed by atoms with Crippen LogP contribution in [-0.2, 0) is 9.53 Å². The minimum absolute atomic E-state index is 0.0755. The first-order valence-electron chi connectivity index (χ1n) is 7.75. The normalized spacial score (nSPS) is 21.7. The Morgan fingerprint density at radius 3 is 2.27 bits per heavy atom. The molecule has 0 spiro atoms. The van der Waals surface area contributed by atoms with Crippen molar-refractivity contribution < 1.29 is 9.53 Å². The van der Waals surface area contributed by atoms with Crippen molar-refractivity contribution in [2.45, 2.75) is 18.4 Å². The molecule has 6 heteroatoms. The van der Waals surface area contributed by atoms with Crippen LogP contribution in [-0.4, -0.2) is 55.7 Å². The zero-order chi connectivity index (χ0) is 15.6. The molecule has 2 aliphatic rings. The van der Waals surface area contributed by atoms with Gasteiger partial charge in [0, 0.05) is 50.1 Å². The molecule has 0 radical (unpaired) electrons. The van der Waals surface area contributed by atoms with Crippen LogP contribution < -0.4 is 10.6 Å². The molecule has 0 atom stereocenters. The van der Waals surface area contributed by atoms with Crippen LogP contribution in [0.4, 0.5) is 5.69 Å². The lowest BCUT2D eigenvalue weighted by Crippen LogP contribution is -2.61. The number of piperazine rings is 1. The fourth-order valence-electron chi connectivity index (χ4n) is 3.08. The molecule has 2 saturated heterocycles. The van der Waals surface area contributed by atoms with Crippen LogP contribution in [0.3, 0.4) is 0 Å². The van der Waals surface area contributed by atoms with Gasteiger partial charge in [-0.2, -0.15) is 0 Å². The number of hydrogen-bond donors (Lipinski definition) is 1. The summed E-state index contributed by atoms with van der Waals surface area (Å²) in [5.74, 6) is 0.0755. The Hall–Kier alpha value is -1.30. The van der Waals surface area contributed by atoms with Gasteiger partial charge in [-0.15, -0.1) is 0 Å². The van der Waals surface area contributed by atoms with Gasteiger partial charge in [0.25, 0.3) is 0 Å². The Kier molecular flexibility index (Phi) is 4.57. The zero-order valence-electron chi connectivity index (χ0n) is 12.6. The SMILES string of the molecule is NC1(C(=O)N2CCN(c3ccc(Cl)cc3)CC2)CCOCC1. The van der Waals surface area contributed by atoms with Crippen LogP contribution in [0.15, 0.2) is 24.3 Å². The highest BCUT2D eigenvalue weighted by Gasteiger charge is 2.39. The van der Waals surface area contributed by atoms with Crippen LogP contribution in [0, 0.1) is 0 Å². The molecule has 2 fully saturated rings. The molecule has 2 aliphatic heterocycles. The maximum atomic E-state index is 12.7. The van der Waals surface area contributed by atoms with Crippen molar-refractivity contribution in [2.24, 2.45) is 5.73 Å². The van der Waals surface area contributed by atoms with Gasteiger partial charge >= 0.3 is 0 Å². The molecule has 1 amide bonds. The van der Waals surface area contributed by atoms with E-state index in [0.717, 1.165) is 23.8 Å². The van der Waals surface area contributed by atoms with Gasteiger partial charge in [0.05, 0.1) is 5.54 Å². The van der Waals surface area contributed by atoms with Gasteiger partial charge in [0.1, 0.15) is 0 Å². The topological polar surface area (TPSA) is 58.8 Å². The number of benzene rings is 1. The molecule has 0 unspecified atom stereocenters. The largest absolute Gasteiger partial charge is 0.381 e. The fraction of sp³-hybridized carbons (Fsp3) is 0.562. The van der Waals surface area contributed by atoms with Gasteiger partial charge in [-0.3, -0.25) is 4.79 Å². The Balaban J connectivity index is 1.59. The molecule has 22 heavy (non-hydrogen) atoms. The molecule has 3 rings (SSSR count). The Morgan fingerprint density at radius 2 is 1.68 bits per heavy atom. The molecule has 0 aromatic heterocycles. The van der Waals surface area contributed by atoms with Crippen molar-refractivity contribution in [1.29, 1.82) is 0 Å². The Labute approximate surface area is 136 Å². The number of carbonyl (C=O) groups is 1. The number of rotatable bonds is 2. The van der Waals surface area contributed by atoms with Gasteiger partial charge < -0.3 is 20.3 Å². The summed E-state index contributed by atoms with van der Waals surface area (Å²) in [4.78, 5) is 16.8. The highest BCUT2D eigenvalue weighted by molar-refractivity contribution is 6.30. The molecule has 2 N–H and O–H groups in total. The van der Waals surface area contributed by atoms with E-state index >= 15 is 0 Å². The smallest absolute Gasteiger partial charge is 0.242 e. The second-order valence-corrected chi connectivity index (χ2v) is 6.46. The average molecular weight is 324 g/mol. The summed E-state index contributed by atoms with van der Waals surface area (Å²) in [7, 11) is 0. The van der Waals surface area contributed by atoms with E-state index in [0.29, 0.717) is 39.1 Å². The van der Waals surface area contributed by atoms with Crippen molar-refractivity contribution in [3.05, 3.63) is 29.3 Å². The van der Waals surface area contributed by atoms with Crippen molar-refractivity contribution in [1.82, 2.24) is 4.90 Å². The molecule has 0 saturated carbocycles. The molecule has 0 bridgehead atoms. The summed E-state index contributed by atoms with van der Waals surface area (Å²) in [6.45, 7) is 4.21. The Morgan fingerprint density at radius 1 is 1.09 bits per heavy atom. The maximum absolute atomic E-state index is 12.7. The molecule has 1 aromatic carbocycles. The second kappa shape index (κ2) is 6.44. The third kappa shape index (κ3) is 3.21. The molecular formula is C16H22ClN3O2. The fourth-order valence-corrected chi connectivity index (χ4v) is 3.21. The molecule has 0 aliphatic carbocycles. The monoisotopic (exact) mass is 323 g/mol. The summed E-state index contributed by atoms with van der Waals surface area (Å²) in [6, 6.07) is 7.82. The second-order valence-electron chi connectivity index (χ2n) is 6.02. The highest BCUT2D eigenvalue weighted by Crippen LogP contribution is 2.23. The van der Waals surface area contributed by atoms with E-state index in [1.807, 2.05) is 29.2 Å². The predicted octanol–water partition coefficient (Wildman–Crippen LogP) is 1.50. The number of nitrogens with two attached hydrogens (primary N) is 1. The van der Waals surface area contributed by atoms with Gasteiger partial charge in [-0.25, -0.2) is 0 Å². The van der Waals surface area contributed by atoms with Crippen molar-refractivity contribution in [3.63, 3.8) is 0 Å². The van der Waals surface area contributed by atoms with Crippen LogP contribution in [0.1, 0.15) is 12.8 Å². The first-order chi connectivity index (χ1) is 10.6. The number of hydrogen-bond acceptors (Lipinski definition) is 4. The van der Waals surface area contributed by atoms with E-state index in [2.05, 4.69) is 4.90 Å². The van der Waals surface area contributed by atoms with E-state index in [4.69, 9.17) is 22.1 Å². The summed E-state index contributed by atoms with van der Waals surface area (Å²) < 4.78 is 5.32. The maximum Gasteiger partial charge on any atom is 0.242 e. The van der Waals surface area contributed by atoms with Gasteiger partial charge in [-0.1, -0.05) is 11.6 Å². The lowest BCUT2D eigenvalue weighted by Gasteiger charge is -2.41. The number of ether oxygens (including phenoxy) is 1. The Bertz CT molecular complexity index is 521. The number of amides is 1. The van der Waals surface area contributed by atoms with E-state index < -0.39 is 5.54 Å². The summed E-state index contributed by atoms with van der Waals surface area (Å²) in [5.41, 5.74) is 6.70. The number of anilines is 1. The first kappa shape index (κ1) is 15.6. The van der Waals surface area contributed by atoms with Crippen molar-refractivity contribution in [2.75, 3.05) is 44.3 Å². The lowest BCUT2D eigenvalue weighted by atomic mass is 9.89. The minimum Gasteiger partial charge on any atom is -0.381 e.